The Morgan fingerprint density at radius 3 is 2.94 bits per heavy atom. The number of nitrogens with one attached hydrogen (secondary N) is 1. The van der Waals surface area contributed by atoms with Gasteiger partial charge in [-0.25, -0.2) is 0 Å². The van der Waals surface area contributed by atoms with Gasteiger partial charge in [-0.05, 0) is 12.5 Å². The average molecular weight is 249 g/mol. The minimum Gasteiger partial charge on any atom is -0.487 e. The van der Waals surface area contributed by atoms with Crippen molar-refractivity contribution in [3.63, 3.8) is 0 Å². The van der Waals surface area contributed by atoms with Gasteiger partial charge in [0.15, 0.2) is 0 Å². The van der Waals surface area contributed by atoms with Crippen molar-refractivity contribution in [2.24, 2.45) is 0 Å². The van der Waals surface area contributed by atoms with Crippen LogP contribution < -0.4 is 10.1 Å². The van der Waals surface area contributed by atoms with Gasteiger partial charge in [-0.2, -0.15) is 0 Å². The molecule has 0 radical (unpaired) electrons. The fraction of sp³-hybridized carbons (Fsp3) is 0.600. The van der Waals surface area contributed by atoms with Crippen LogP contribution in [0.5, 0.6) is 5.75 Å². The molecule has 0 amide bonds. The van der Waals surface area contributed by atoms with Gasteiger partial charge in [0.1, 0.15) is 11.9 Å². The third-order valence-corrected chi connectivity index (χ3v) is 3.17. The average Bonchev–Trinajstić information content (AvgIpc) is 2.82. The number of rotatable bonds is 5. The Labute approximate surface area is 109 Å². The predicted octanol–water partition coefficient (Wildman–Crippen LogP) is 2.66. The predicted molar refractivity (Wildman–Crippen MR) is 73.0 cm³/mol. The van der Waals surface area contributed by atoms with Gasteiger partial charge in [0.05, 0.1) is 13.2 Å². The lowest BCUT2D eigenvalue weighted by Gasteiger charge is -2.19. The fourth-order valence-corrected chi connectivity index (χ4v) is 2.11. The van der Waals surface area contributed by atoms with E-state index in [1.165, 1.54) is 11.1 Å². The topological polar surface area (TPSA) is 30.5 Å². The first-order valence-corrected chi connectivity index (χ1v) is 6.73. The van der Waals surface area contributed by atoms with Crippen molar-refractivity contribution in [2.45, 2.75) is 45.9 Å². The zero-order valence-corrected chi connectivity index (χ0v) is 11.5. The van der Waals surface area contributed by atoms with E-state index in [9.17, 15) is 0 Å². The van der Waals surface area contributed by atoms with E-state index < -0.39 is 0 Å². The summed E-state index contributed by atoms with van der Waals surface area (Å²) in [5.74, 6) is 1.03. The smallest absolute Gasteiger partial charge is 0.127 e. The zero-order chi connectivity index (χ0) is 13.0. The van der Waals surface area contributed by atoms with Crippen molar-refractivity contribution >= 4 is 0 Å². The molecule has 0 spiro atoms. The van der Waals surface area contributed by atoms with Crippen LogP contribution in [-0.2, 0) is 11.3 Å². The first-order valence-electron chi connectivity index (χ1n) is 6.73. The molecular formula is C15H23NO2. The lowest BCUT2D eigenvalue weighted by Crippen LogP contribution is -2.23. The summed E-state index contributed by atoms with van der Waals surface area (Å²) in [6.07, 6.45) is 1.20. The highest BCUT2D eigenvalue weighted by Gasteiger charge is 2.19. The van der Waals surface area contributed by atoms with E-state index in [2.05, 4.69) is 44.3 Å². The van der Waals surface area contributed by atoms with Crippen LogP contribution in [0.15, 0.2) is 18.2 Å². The van der Waals surface area contributed by atoms with Gasteiger partial charge >= 0.3 is 0 Å². The Balaban J connectivity index is 2.09. The van der Waals surface area contributed by atoms with Crippen LogP contribution in [-0.4, -0.2) is 25.4 Å². The summed E-state index contributed by atoms with van der Waals surface area (Å²) >= 11 is 0. The minimum atomic E-state index is 0.212. The first kappa shape index (κ1) is 13.4. The summed E-state index contributed by atoms with van der Waals surface area (Å²) in [7, 11) is 0. The van der Waals surface area contributed by atoms with Gasteiger partial charge in [-0.1, -0.05) is 32.0 Å². The van der Waals surface area contributed by atoms with Crippen LogP contribution in [0, 0.1) is 6.92 Å². The zero-order valence-electron chi connectivity index (χ0n) is 11.5. The van der Waals surface area contributed by atoms with E-state index in [0.717, 1.165) is 25.3 Å². The van der Waals surface area contributed by atoms with Crippen molar-refractivity contribution in [2.75, 3.05) is 13.2 Å². The molecule has 0 aromatic heterocycles. The van der Waals surface area contributed by atoms with Crippen molar-refractivity contribution in [3.05, 3.63) is 29.3 Å². The molecule has 100 valence electrons. The van der Waals surface area contributed by atoms with Gasteiger partial charge in [0, 0.05) is 24.6 Å². The maximum atomic E-state index is 6.10. The van der Waals surface area contributed by atoms with Crippen LogP contribution in [0.4, 0.5) is 0 Å². The third kappa shape index (κ3) is 3.47. The first-order chi connectivity index (χ1) is 8.66. The highest BCUT2D eigenvalue weighted by molar-refractivity contribution is 5.41. The molecule has 1 saturated heterocycles. The standard InChI is InChI=1S/C15H23NO2/c1-11(2)16-9-13-6-4-5-12(3)15(13)18-14-7-8-17-10-14/h4-6,11,14,16H,7-10H2,1-3H3. The highest BCUT2D eigenvalue weighted by Crippen LogP contribution is 2.26. The summed E-state index contributed by atoms with van der Waals surface area (Å²) < 4.78 is 11.5. The second kappa shape index (κ2) is 6.21. The van der Waals surface area contributed by atoms with Crippen LogP contribution in [0.25, 0.3) is 0 Å². The van der Waals surface area contributed by atoms with E-state index in [-0.39, 0.29) is 6.10 Å². The summed E-state index contributed by atoms with van der Waals surface area (Å²) in [6, 6.07) is 6.80. The van der Waals surface area contributed by atoms with Crippen molar-refractivity contribution in [1.29, 1.82) is 0 Å². The van der Waals surface area contributed by atoms with E-state index >= 15 is 0 Å². The van der Waals surface area contributed by atoms with Crippen molar-refractivity contribution in [3.8, 4) is 5.75 Å². The lowest BCUT2D eigenvalue weighted by atomic mass is 10.1. The van der Waals surface area contributed by atoms with Gasteiger partial charge in [-0.3, -0.25) is 0 Å². The molecule has 3 nitrogen and oxygen atoms in total. The largest absolute Gasteiger partial charge is 0.487 e. The van der Waals surface area contributed by atoms with E-state index in [0.29, 0.717) is 12.6 Å². The second-order valence-electron chi connectivity index (χ2n) is 5.20. The summed E-state index contributed by atoms with van der Waals surface area (Å²) in [5.41, 5.74) is 2.43. The number of hydrogen-bond donors (Lipinski definition) is 1. The normalized spacial score (nSPS) is 19.4. The molecule has 0 saturated carbocycles. The summed E-state index contributed by atoms with van der Waals surface area (Å²) in [4.78, 5) is 0. The Kier molecular flexibility index (Phi) is 4.61. The Morgan fingerprint density at radius 2 is 2.28 bits per heavy atom. The monoisotopic (exact) mass is 249 g/mol. The molecule has 1 aliphatic heterocycles. The quantitative estimate of drug-likeness (QED) is 0.870. The molecule has 0 bridgehead atoms. The maximum absolute atomic E-state index is 6.10. The van der Waals surface area contributed by atoms with Crippen molar-refractivity contribution < 1.29 is 9.47 Å². The second-order valence-corrected chi connectivity index (χ2v) is 5.20. The van der Waals surface area contributed by atoms with Crippen molar-refractivity contribution in [1.82, 2.24) is 5.32 Å². The summed E-state index contributed by atoms with van der Waals surface area (Å²) in [6.45, 7) is 8.79. The molecule has 1 atom stereocenters. The van der Waals surface area contributed by atoms with Gasteiger partial charge in [-0.15, -0.1) is 0 Å². The van der Waals surface area contributed by atoms with Crippen LogP contribution in [0.2, 0.25) is 0 Å². The van der Waals surface area contributed by atoms with Gasteiger partial charge in [0.2, 0.25) is 0 Å². The SMILES string of the molecule is Cc1cccc(CNC(C)C)c1OC1CCOC1. The number of ether oxygens (including phenoxy) is 2. The molecule has 1 aromatic carbocycles. The number of hydrogen-bond acceptors (Lipinski definition) is 3. The molecule has 1 aliphatic rings. The molecule has 1 heterocycles. The maximum Gasteiger partial charge on any atom is 0.127 e. The molecule has 0 aliphatic carbocycles. The minimum absolute atomic E-state index is 0.212. The molecule has 2 rings (SSSR count). The highest BCUT2D eigenvalue weighted by atomic mass is 16.5. The molecule has 1 aromatic rings. The Hall–Kier alpha value is -1.06. The molecule has 3 heteroatoms. The lowest BCUT2D eigenvalue weighted by molar-refractivity contribution is 0.140. The van der Waals surface area contributed by atoms with E-state index in [4.69, 9.17) is 9.47 Å². The molecule has 1 unspecified atom stereocenters. The molecular weight excluding hydrogens is 226 g/mol. The van der Waals surface area contributed by atoms with Crippen LogP contribution in [0.3, 0.4) is 0 Å². The number of aryl methyl sites for hydroxylation is 1. The van der Waals surface area contributed by atoms with Gasteiger partial charge in [0.25, 0.3) is 0 Å². The Bertz CT molecular complexity index is 384. The summed E-state index contributed by atoms with van der Waals surface area (Å²) in [5, 5.41) is 3.44. The van der Waals surface area contributed by atoms with E-state index in [1.807, 2.05) is 0 Å². The van der Waals surface area contributed by atoms with Gasteiger partial charge < -0.3 is 14.8 Å². The molecule has 18 heavy (non-hydrogen) atoms. The number of benzene rings is 1. The van der Waals surface area contributed by atoms with Crippen LogP contribution in [0.1, 0.15) is 31.4 Å². The van der Waals surface area contributed by atoms with E-state index in [1.54, 1.807) is 0 Å². The fourth-order valence-electron chi connectivity index (χ4n) is 2.11. The Morgan fingerprint density at radius 1 is 1.44 bits per heavy atom. The number of para-hydroxylation sites is 1. The molecule has 1 N–H and O–H groups in total. The van der Waals surface area contributed by atoms with Crippen LogP contribution >= 0.6 is 0 Å². The molecule has 1 fully saturated rings. The third-order valence-electron chi connectivity index (χ3n) is 3.17.